The fraction of sp³-hybridized carbons (Fsp3) is 0.316. The van der Waals surface area contributed by atoms with Gasteiger partial charge in [0.1, 0.15) is 5.75 Å². The molecule has 4 nitrogen and oxygen atoms in total. The van der Waals surface area contributed by atoms with E-state index in [1.54, 1.807) is 23.1 Å². The van der Waals surface area contributed by atoms with Crippen molar-refractivity contribution < 1.29 is 18.3 Å². The Morgan fingerprint density at radius 3 is 2.76 bits per heavy atom. The fourth-order valence-electron chi connectivity index (χ4n) is 3.14. The molecule has 0 unspecified atom stereocenters. The molecule has 0 fully saturated rings. The van der Waals surface area contributed by atoms with Gasteiger partial charge in [0.2, 0.25) is 5.91 Å². The van der Waals surface area contributed by atoms with E-state index in [1.807, 2.05) is 31.2 Å². The first-order valence-electron chi connectivity index (χ1n) is 8.24. The standard InChI is InChI=1S/C19H20F2N2O2/c1-13-10-11-14-6-2-4-8-16(14)23(13)18(24)12-22-15-7-3-5-9-17(15)25-19(20)21/h2-9,13,19,22H,10-12H2,1H3/t13-/m1/s1. The Kier molecular flexibility index (Phi) is 5.16. The van der Waals surface area contributed by atoms with Crippen LogP contribution in [-0.4, -0.2) is 25.1 Å². The molecule has 6 heteroatoms. The topological polar surface area (TPSA) is 41.6 Å². The summed E-state index contributed by atoms with van der Waals surface area (Å²) in [7, 11) is 0. The molecule has 0 bridgehead atoms. The highest BCUT2D eigenvalue weighted by atomic mass is 19.3. The number of ether oxygens (including phenoxy) is 1. The summed E-state index contributed by atoms with van der Waals surface area (Å²) in [6, 6.07) is 14.3. The minimum atomic E-state index is -2.91. The molecule has 0 aromatic heterocycles. The van der Waals surface area contributed by atoms with E-state index < -0.39 is 6.61 Å². The maximum Gasteiger partial charge on any atom is 0.387 e. The van der Waals surface area contributed by atoms with Crippen molar-refractivity contribution in [3.63, 3.8) is 0 Å². The van der Waals surface area contributed by atoms with E-state index in [0.29, 0.717) is 5.69 Å². The number of fused-ring (bicyclic) bond motifs is 1. The number of halogens is 2. The van der Waals surface area contributed by atoms with Gasteiger partial charge in [-0.25, -0.2) is 0 Å². The molecule has 1 aliphatic rings. The third kappa shape index (κ3) is 3.90. The first-order valence-corrected chi connectivity index (χ1v) is 8.24. The molecule has 2 aromatic rings. The van der Waals surface area contributed by atoms with Crippen LogP contribution in [0.4, 0.5) is 20.2 Å². The number of hydrogen-bond donors (Lipinski definition) is 1. The van der Waals surface area contributed by atoms with Gasteiger partial charge in [0.15, 0.2) is 0 Å². The molecule has 0 aliphatic carbocycles. The smallest absolute Gasteiger partial charge is 0.387 e. The Hall–Kier alpha value is -2.63. The minimum Gasteiger partial charge on any atom is -0.433 e. The average Bonchev–Trinajstić information content (AvgIpc) is 2.60. The summed E-state index contributed by atoms with van der Waals surface area (Å²) in [5.41, 5.74) is 2.44. The van der Waals surface area contributed by atoms with E-state index >= 15 is 0 Å². The van der Waals surface area contributed by atoms with Gasteiger partial charge in [-0.3, -0.25) is 4.79 Å². The lowest BCUT2D eigenvalue weighted by Crippen LogP contribution is -2.44. The number of aryl methyl sites for hydroxylation is 1. The Morgan fingerprint density at radius 1 is 1.24 bits per heavy atom. The summed E-state index contributed by atoms with van der Waals surface area (Å²) >= 11 is 0. The number of nitrogens with one attached hydrogen (secondary N) is 1. The lowest BCUT2D eigenvalue weighted by atomic mass is 9.96. The number of hydrogen-bond acceptors (Lipinski definition) is 3. The summed E-state index contributed by atoms with van der Waals surface area (Å²) in [5.74, 6) is -0.0797. The molecular weight excluding hydrogens is 326 g/mol. The molecule has 1 N–H and O–H groups in total. The summed E-state index contributed by atoms with van der Waals surface area (Å²) in [6.07, 6.45) is 1.84. The highest BCUT2D eigenvalue weighted by molar-refractivity contribution is 5.97. The first kappa shape index (κ1) is 17.2. The fourth-order valence-corrected chi connectivity index (χ4v) is 3.14. The molecule has 0 saturated carbocycles. The van der Waals surface area contributed by atoms with E-state index in [2.05, 4.69) is 10.1 Å². The van der Waals surface area contributed by atoms with Crippen LogP contribution in [0.25, 0.3) is 0 Å². The maximum atomic E-state index is 12.8. The van der Waals surface area contributed by atoms with Crippen LogP contribution in [0.5, 0.6) is 5.75 Å². The molecule has 25 heavy (non-hydrogen) atoms. The highest BCUT2D eigenvalue weighted by Crippen LogP contribution is 2.31. The van der Waals surface area contributed by atoms with E-state index in [9.17, 15) is 13.6 Å². The second kappa shape index (κ2) is 7.51. The molecular formula is C19H20F2N2O2. The van der Waals surface area contributed by atoms with Gasteiger partial charge in [-0.05, 0) is 43.5 Å². The van der Waals surface area contributed by atoms with Gasteiger partial charge >= 0.3 is 6.61 Å². The van der Waals surface area contributed by atoms with Crippen LogP contribution in [0.15, 0.2) is 48.5 Å². The molecule has 0 spiro atoms. The van der Waals surface area contributed by atoms with Gasteiger partial charge in [-0.2, -0.15) is 8.78 Å². The zero-order valence-corrected chi connectivity index (χ0v) is 13.9. The SMILES string of the molecule is C[C@@H]1CCc2ccccc2N1C(=O)CNc1ccccc1OC(F)F. The van der Waals surface area contributed by atoms with Gasteiger partial charge < -0.3 is 15.0 Å². The van der Waals surface area contributed by atoms with Crippen molar-refractivity contribution in [2.45, 2.75) is 32.4 Å². The molecule has 3 rings (SSSR count). The quantitative estimate of drug-likeness (QED) is 0.887. The first-order chi connectivity index (χ1) is 12.1. The number of rotatable bonds is 5. The molecule has 1 amide bonds. The number of anilines is 2. The highest BCUT2D eigenvalue weighted by Gasteiger charge is 2.27. The van der Waals surface area contributed by atoms with Crippen LogP contribution in [0.3, 0.4) is 0 Å². The lowest BCUT2D eigenvalue weighted by Gasteiger charge is -2.35. The summed E-state index contributed by atoms with van der Waals surface area (Å²) in [4.78, 5) is 14.5. The number of amides is 1. The third-order valence-corrected chi connectivity index (χ3v) is 4.33. The van der Waals surface area contributed by atoms with Crippen LogP contribution in [0.1, 0.15) is 18.9 Å². The van der Waals surface area contributed by atoms with Gasteiger partial charge in [0.25, 0.3) is 0 Å². The average molecular weight is 346 g/mol. The zero-order chi connectivity index (χ0) is 17.8. The van der Waals surface area contributed by atoms with Gasteiger partial charge in [0.05, 0.1) is 12.2 Å². The van der Waals surface area contributed by atoms with Crippen LogP contribution in [0.2, 0.25) is 0 Å². The Bertz CT molecular complexity index is 752. The lowest BCUT2D eigenvalue weighted by molar-refractivity contribution is -0.117. The van der Waals surface area contributed by atoms with Crippen molar-refractivity contribution in [3.05, 3.63) is 54.1 Å². The van der Waals surface area contributed by atoms with Crippen molar-refractivity contribution in [2.75, 3.05) is 16.8 Å². The van der Waals surface area contributed by atoms with Crippen molar-refractivity contribution in [1.29, 1.82) is 0 Å². The number of nitrogens with zero attached hydrogens (tertiary/aromatic N) is 1. The molecule has 1 aliphatic heterocycles. The van der Waals surface area contributed by atoms with Crippen molar-refractivity contribution in [1.82, 2.24) is 0 Å². The van der Waals surface area contributed by atoms with Crippen molar-refractivity contribution in [2.24, 2.45) is 0 Å². The number of alkyl halides is 2. The number of para-hydroxylation sites is 3. The summed E-state index contributed by atoms with van der Waals surface area (Å²) in [5, 5.41) is 2.92. The van der Waals surface area contributed by atoms with E-state index in [1.165, 1.54) is 6.07 Å². The van der Waals surface area contributed by atoms with Crippen molar-refractivity contribution >= 4 is 17.3 Å². The Labute approximate surface area is 145 Å². The molecule has 0 radical (unpaired) electrons. The second-order valence-electron chi connectivity index (χ2n) is 6.01. The number of carbonyl (C=O) groups excluding carboxylic acids is 1. The minimum absolute atomic E-state index is 0.00227. The molecule has 1 atom stereocenters. The molecule has 1 heterocycles. The molecule has 2 aromatic carbocycles. The van der Waals surface area contributed by atoms with E-state index in [-0.39, 0.29) is 24.2 Å². The third-order valence-electron chi connectivity index (χ3n) is 4.33. The normalized spacial score (nSPS) is 16.5. The summed E-state index contributed by atoms with van der Waals surface area (Å²) in [6.45, 7) is -0.892. The largest absolute Gasteiger partial charge is 0.433 e. The van der Waals surface area contributed by atoms with Gasteiger partial charge in [-0.15, -0.1) is 0 Å². The van der Waals surface area contributed by atoms with Gasteiger partial charge in [-0.1, -0.05) is 30.3 Å². The Balaban J connectivity index is 1.73. The number of carbonyl (C=O) groups is 1. The monoisotopic (exact) mass is 346 g/mol. The van der Waals surface area contributed by atoms with Crippen molar-refractivity contribution in [3.8, 4) is 5.75 Å². The molecule has 0 saturated heterocycles. The van der Waals surface area contributed by atoms with E-state index in [0.717, 1.165) is 24.1 Å². The van der Waals surface area contributed by atoms with Crippen LogP contribution >= 0.6 is 0 Å². The predicted octanol–water partition coefficient (Wildman–Crippen LogP) is 4.07. The van der Waals surface area contributed by atoms with Crippen LogP contribution in [-0.2, 0) is 11.2 Å². The number of benzene rings is 2. The van der Waals surface area contributed by atoms with Gasteiger partial charge in [0, 0.05) is 11.7 Å². The second-order valence-corrected chi connectivity index (χ2v) is 6.01. The zero-order valence-electron chi connectivity index (χ0n) is 13.9. The Morgan fingerprint density at radius 2 is 1.96 bits per heavy atom. The predicted molar refractivity (Wildman–Crippen MR) is 93.3 cm³/mol. The molecule has 132 valence electrons. The van der Waals surface area contributed by atoms with E-state index in [4.69, 9.17) is 0 Å². The maximum absolute atomic E-state index is 12.8. The summed E-state index contributed by atoms with van der Waals surface area (Å²) < 4.78 is 29.4. The van der Waals surface area contributed by atoms with Crippen LogP contribution in [0, 0.1) is 0 Å². The van der Waals surface area contributed by atoms with Crippen LogP contribution < -0.4 is 15.0 Å².